The number of nitrogens with zero attached hydrogens (tertiary/aromatic N) is 6. The molecule has 0 aliphatic heterocycles. The highest BCUT2D eigenvalue weighted by molar-refractivity contribution is 6.06. The molecule has 0 spiro atoms. The molecule has 0 radical (unpaired) electrons. The highest BCUT2D eigenvalue weighted by Gasteiger charge is 2.24. The molecular weight excluding hydrogens is 633 g/mol. The van der Waals surface area contributed by atoms with Crippen molar-refractivity contribution in [2.75, 3.05) is 0 Å². The molecule has 8 heteroatoms. The van der Waals surface area contributed by atoms with E-state index in [9.17, 15) is 0 Å². The number of para-hydroxylation sites is 3. The number of hydrogen-bond donors (Lipinski definition) is 0. The lowest BCUT2D eigenvalue weighted by Gasteiger charge is -2.04. The maximum Gasteiger partial charge on any atom is 0.232 e. The first-order chi connectivity index (χ1) is 25.2. The number of aromatic nitrogens is 6. The van der Waals surface area contributed by atoms with Crippen LogP contribution in [0.4, 0.5) is 0 Å². The van der Waals surface area contributed by atoms with Gasteiger partial charge in [-0.1, -0.05) is 73.7 Å². The zero-order valence-corrected chi connectivity index (χ0v) is 27.9. The molecule has 6 heterocycles. The van der Waals surface area contributed by atoms with Gasteiger partial charge in [0.25, 0.3) is 0 Å². The van der Waals surface area contributed by atoms with Crippen LogP contribution in [0.2, 0.25) is 0 Å². The summed E-state index contributed by atoms with van der Waals surface area (Å²) in [5, 5.41) is 2.15. The van der Waals surface area contributed by atoms with E-state index >= 15 is 0 Å². The molecule has 0 fully saturated rings. The van der Waals surface area contributed by atoms with Crippen LogP contribution in [0.1, 0.15) is 20.3 Å². The molecule has 51 heavy (non-hydrogen) atoms. The number of furan rings is 2. The zero-order chi connectivity index (χ0) is 33.8. The molecule has 6 aromatic heterocycles. The average Bonchev–Trinajstić information content (AvgIpc) is 4.00. The summed E-state index contributed by atoms with van der Waals surface area (Å²) in [6.07, 6.45) is 5.17. The van der Waals surface area contributed by atoms with Crippen LogP contribution in [0.15, 0.2) is 130 Å². The normalized spacial score (nSPS) is 13.2. The molecule has 0 saturated carbocycles. The van der Waals surface area contributed by atoms with Gasteiger partial charge in [0.1, 0.15) is 22.0 Å². The van der Waals surface area contributed by atoms with Gasteiger partial charge in [0.2, 0.25) is 23.0 Å². The maximum atomic E-state index is 6.55. The van der Waals surface area contributed by atoms with Crippen LogP contribution in [0.3, 0.4) is 0 Å². The van der Waals surface area contributed by atoms with E-state index in [0.717, 1.165) is 107 Å². The lowest BCUT2D eigenvalue weighted by molar-refractivity contribution is 0.561. The monoisotopic (exact) mass is 662 g/mol. The van der Waals surface area contributed by atoms with Crippen molar-refractivity contribution in [3.05, 3.63) is 132 Å². The number of hydrogen-bond acceptors (Lipinski definition) is 4. The molecule has 11 rings (SSSR count). The molecule has 244 valence electrons. The molecule has 0 N–H and O–H groups in total. The molecule has 0 aliphatic carbocycles. The van der Waals surface area contributed by atoms with Gasteiger partial charge in [-0.2, -0.15) is 0 Å². The van der Waals surface area contributed by atoms with Crippen molar-refractivity contribution in [1.82, 2.24) is 27.9 Å². The predicted octanol–water partition coefficient (Wildman–Crippen LogP) is 9.17. The Labute approximate surface area is 290 Å². The summed E-state index contributed by atoms with van der Waals surface area (Å²) in [6.45, 7) is 4.17. The molecule has 0 unspecified atom stereocenters. The summed E-state index contributed by atoms with van der Waals surface area (Å²) in [7, 11) is 0. The summed E-state index contributed by atoms with van der Waals surface area (Å²) < 4.78 is 21.8. The Morgan fingerprint density at radius 1 is 0.608 bits per heavy atom. The summed E-state index contributed by atoms with van der Waals surface area (Å²) in [4.78, 5) is 10.5. The minimum atomic E-state index is 0.781. The van der Waals surface area contributed by atoms with Crippen LogP contribution in [-0.2, 0) is 0 Å². The summed E-state index contributed by atoms with van der Waals surface area (Å²) in [5.74, 6) is 1.63. The molecule has 0 aliphatic rings. The Balaban J connectivity index is 1.13. The second-order valence-corrected chi connectivity index (χ2v) is 12.9. The van der Waals surface area contributed by atoms with Crippen LogP contribution < -0.4 is 10.6 Å². The third-order valence-electron chi connectivity index (χ3n) is 10.0. The Morgan fingerprint density at radius 3 is 1.75 bits per heavy atom. The Kier molecular flexibility index (Phi) is 5.70. The number of rotatable bonds is 4. The van der Waals surface area contributed by atoms with E-state index in [-0.39, 0.29) is 0 Å². The molecule has 0 atom stereocenters. The van der Waals surface area contributed by atoms with Gasteiger partial charge >= 0.3 is 0 Å². The van der Waals surface area contributed by atoms with E-state index in [4.69, 9.17) is 18.8 Å². The van der Waals surface area contributed by atoms with Gasteiger partial charge in [0.05, 0.1) is 22.1 Å². The average molecular weight is 663 g/mol. The van der Waals surface area contributed by atoms with E-state index < -0.39 is 0 Å². The summed E-state index contributed by atoms with van der Waals surface area (Å²) >= 11 is 0. The molecule has 8 nitrogen and oxygen atoms in total. The third-order valence-corrected chi connectivity index (χ3v) is 10.0. The van der Waals surface area contributed by atoms with Crippen LogP contribution in [0, 0.1) is 0 Å². The first-order valence-electron chi connectivity index (χ1n) is 17.3. The van der Waals surface area contributed by atoms with Crippen LogP contribution in [0.25, 0.3) is 102 Å². The lowest BCUT2D eigenvalue weighted by Crippen LogP contribution is -2.21. The standard InChI is InChI=1S/C43H30N6O2/c1-3-13-30-36(4-2)50-40-38(30)46(28-14-7-5-8-15-28)42-44-32-24-26(20-22-34(32)48(40)42)27-21-23-35-33(25-27)45-43-47(29-16-9-6-10-17-29)39-31-18-11-12-19-37(31)51-41(39)49(35)43/h4-25H,3H2,1-2H3/b30-13+,36-4+. The fourth-order valence-electron chi connectivity index (χ4n) is 7.85. The fourth-order valence-corrected chi connectivity index (χ4v) is 7.85. The molecule has 0 saturated heterocycles. The largest absolute Gasteiger partial charge is 0.438 e. The number of fused-ring (bicyclic) bond motifs is 12. The smallest absolute Gasteiger partial charge is 0.232 e. The van der Waals surface area contributed by atoms with Crippen molar-refractivity contribution in [2.45, 2.75) is 20.3 Å². The van der Waals surface area contributed by atoms with Gasteiger partial charge in [0.15, 0.2) is 0 Å². The van der Waals surface area contributed by atoms with Crippen LogP contribution in [0.5, 0.6) is 0 Å². The van der Waals surface area contributed by atoms with Gasteiger partial charge in [-0.25, -0.2) is 18.8 Å². The fraction of sp³-hybridized carbons (Fsp3) is 0.0698. The highest BCUT2D eigenvalue weighted by atomic mass is 16.3. The van der Waals surface area contributed by atoms with Crippen LogP contribution in [-0.4, -0.2) is 27.9 Å². The van der Waals surface area contributed by atoms with E-state index in [2.05, 4.69) is 128 Å². The van der Waals surface area contributed by atoms with Gasteiger partial charge in [-0.3, -0.25) is 9.13 Å². The molecule has 0 amide bonds. The topological polar surface area (TPSA) is 70.7 Å². The lowest BCUT2D eigenvalue weighted by atomic mass is 10.0. The molecule has 11 aromatic rings. The van der Waals surface area contributed by atoms with Crippen molar-refractivity contribution in [3.63, 3.8) is 0 Å². The van der Waals surface area contributed by atoms with Gasteiger partial charge in [0, 0.05) is 22.0 Å². The summed E-state index contributed by atoms with van der Waals surface area (Å²) in [5.41, 5.74) is 13.3. The van der Waals surface area contributed by atoms with Gasteiger partial charge < -0.3 is 8.83 Å². The first-order valence-corrected chi connectivity index (χ1v) is 17.3. The molecular formula is C43H30N6O2. The first kappa shape index (κ1) is 28.1. The minimum absolute atomic E-state index is 0.781. The van der Waals surface area contributed by atoms with Gasteiger partial charge in [-0.15, -0.1) is 0 Å². The Bertz CT molecular complexity index is 3300. The SMILES string of the molecule is C/C=c1/oc2c(/c1=C/CC)n(-c1ccccc1)c1nc3cc(-c4ccc5c(c4)nc4n(-c6ccccc6)c6c7ccccc7oc6n54)ccc3n21. The van der Waals surface area contributed by atoms with Gasteiger partial charge in [-0.05, 0) is 91.2 Å². The van der Waals surface area contributed by atoms with Crippen molar-refractivity contribution in [1.29, 1.82) is 0 Å². The third kappa shape index (κ3) is 3.78. The second kappa shape index (κ2) is 10.4. The quantitative estimate of drug-likeness (QED) is 0.188. The predicted molar refractivity (Wildman–Crippen MR) is 204 cm³/mol. The van der Waals surface area contributed by atoms with E-state index in [1.54, 1.807) is 0 Å². The Hall–Kier alpha value is -6.80. The zero-order valence-electron chi connectivity index (χ0n) is 27.9. The van der Waals surface area contributed by atoms with E-state index in [1.165, 1.54) is 0 Å². The minimum Gasteiger partial charge on any atom is -0.438 e. The number of benzene rings is 5. The van der Waals surface area contributed by atoms with Crippen molar-refractivity contribution in [3.8, 4) is 22.5 Å². The van der Waals surface area contributed by atoms with Crippen molar-refractivity contribution in [2.24, 2.45) is 0 Å². The van der Waals surface area contributed by atoms with Crippen molar-refractivity contribution < 1.29 is 8.83 Å². The maximum absolute atomic E-state index is 6.55. The van der Waals surface area contributed by atoms with Crippen LogP contribution >= 0.6 is 0 Å². The van der Waals surface area contributed by atoms with E-state index in [1.807, 2.05) is 37.3 Å². The van der Waals surface area contributed by atoms with Crippen molar-refractivity contribution >= 4 is 79.2 Å². The molecule has 5 aromatic carbocycles. The molecule has 0 bridgehead atoms. The number of imidazole rings is 4. The second-order valence-electron chi connectivity index (χ2n) is 12.9. The van der Waals surface area contributed by atoms with E-state index in [0.29, 0.717) is 0 Å². The summed E-state index contributed by atoms with van der Waals surface area (Å²) in [6, 6.07) is 41.9. The highest BCUT2D eigenvalue weighted by Crippen LogP contribution is 2.37. The Morgan fingerprint density at radius 2 is 1.16 bits per heavy atom.